The van der Waals surface area contributed by atoms with Crippen LogP contribution < -0.4 is 10.6 Å². The van der Waals surface area contributed by atoms with E-state index in [4.69, 9.17) is 27.6 Å². The number of amides is 2. The molecule has 0 atom stereocenters. The molecule has 7 heteroatoms. The summed E-state index contributed by atoms with van der Waals surface area (Å²) in [4.78, 5) is 24.7. The predicted molar refractivity (Wildman–Crippen MR) is 133 cm³/mol. The molecule has 1 aromatic heterocycles. The van der Waals surface area contributed by atoms with E-state index in [9.17, 15) is 9.59 Å². The molecule has 1 heterocycles. The van der Waals surface area contributed by atoms with Gasteiger partial charge in [-0.15, -0.1) is 0 Å². The molecule has 0 saturated carbocycles. The lowest BCUT2D eigenvalue weighted by Crippen LogP contribution is -2.12. The third kappa shape index (κ3) is 5.71. The first kappa shape index (κ1) is 22.4. The molecule has 0 aliphatic rings. The second-order valence-electron chi connectivity index (χ2n) is 7.03. The van der Waals surface area contributed by atoms with Gasteiger partial charge in [0.05, 0.1) is 10.0 Å². The Bertz CT molecular complexity index is 1330. The van der Waals surface area contributed by atoms with E-state index in [0.717, 1.165) is 0 Å². The van der Waals surface area contributed by atoms with Crippen LogP contribution in [0.1, 0.15) is 16.1 Å². The average molecular weight is 477 g/mol. The molecule has 0 aliphatic heterocycles. The maximum Gasteiger partial charge on any atom is 0.255 e. The molecule has 0 radical (unpaired) electrons. The molecule has 0 fully saturated rings. The lowest BCUT2D eigenvalue weighted by atomic mass is 10.2. The molecule has 0 unspecified atom stereocenters. The van der Waals surface area contributed by atoms with Crippen LogP contribution in [-0.4, -0.2) is 11.8 Å². The fourth-order valence-corrected chi connectivity index (χ4v) is 3.48. The van der Waals surface area contributed by atoms with E-state index in [1.54, 1.807) is 84.9 Å². The zero-order valence-corrected chi connectivity index (χ0v) is 18.7. The van der Waals surface area contributed by atoms with Gasteiger partial charge in [0.1, 0.15) is 11.5 Å². The minimum absolute atomic E-state index is 0.229. The van der Waals surface area contributed by atoms with Crippen molar-refractivity contribution in [1.82, 2.24) is 0 Å². The van der Waals surface area contributed by atoms with Gasteiger partial charge in [-0.1, -0.05) is 53.5 Å². The second-order valence-corrected chi connectivity index (χ2v) is 7.81. The van der Waals surface area contributed by atoms with Crippen LogP contribution in [0.2, 0.25) is 10.0 Å². The van der Waals surface area contributed by atoms with Crippen LogP contribution in [0, 0.1) is 0 Å². The lowest BCUT2D eigenvalue weighted by molar-refractivity contribution is -0.111. The molecular weight excluding hydrogens is 459 g/mol. The topological polar surface area (TPSA) is 71.3 Å². The van der Waals surface area contributed by atoms with Crippen molar-refractivity contribution in [3.8, 4) is 11.3 Å². The Hall–Kier alpha value is -3.80. The number of furan rings is 1. The van der Waals surface area contributed by atoms with Crippen molar-refractivity contribution in [2.75, 3.05) is 10.6 Å². The average Bonchev–Trinajstić information content (AvgIpc) is 3.29. The van der Waals surface area contributed by atoms with E-state index < -0.39 is 0 Å². The fraction of sp³-hybridized carbons (Fsp3) is 0. The Morgan fingerprint density at radius 3 is 2.30 bits per heavy atom. The van der Waals surface area contributed by atoms with Crippen molar-refractivity contribution in [1.29, 1.82) is 0 Å². The molecule has 164 valence electrons. The van der Waals surface area contributed by atoms with Gasteiger partial charge in [0.25, 0.3) is 5.91 Å². The van der Waals surface area contributed by atoms with Gasteiger partial charge in [-0.25, -0.2) is 0 Å². The third-order valence-corrected chi connectivity index (χ3v) is 5.49. The number of rotatable bonds is 6. The number of hydrogen-bond donors (Lipinski definition) is 2. The summed E-state index contributed by atoms with van der Waals surface area (Å²) in [7, 11) is 0. The smallest absolute Gasteiger partial charge is 0.255 e. The number of benzene rings is 3. The summed E-state index contributed by atoms with van der Waals surface area (Å²) in [6.07, 6.45) is 2.91. The first-order chi connectivity index (χ1) is 16.0. The van der Waals surface area contributed by atoms with Gasteiger partial charge in [-0.05, 0) is 60.7 Å². The minimum Gasteiger partial charge on any atom is -0.457 e. The molecule has 2 N–H and O–H groups in total. The first-order valence-electron chi connectivity index (χ1n) is 9.99. The molecule has 33 heavy (non-hydrogen) atoms. The van der Waals surface area contributed by atoms with Crippen molar-refractivity contribution < 1.29 is 14.0 Å². The van der Waals surface area contributed by atoms with Gasteiger partial charge < -0.3 is 15.1 Å². The number of carbonyl (C=O) groups is 2. The van der Waals surface area contributed by atoms with Crippen LogP contribution >= 0.6 is 23.2 Å². The van der Waals surface area contributed by atoms with E-state index in [2.05, 4.69) is 10.6 Å². The third-order valence-electron chi connectivity index (χ3n) is 4.67. The highest BCUT2D eigenvalue weighted by Gasteiger charge is 2.10. The van der Waals surface area contributed by atoms with Gasteiger partial charge in [-0.3, -0.25) is 9.59 Å². The number of halogens is 2. The second kappa shape index (κ2) is 10.2. The van der Waals surface area contributed by atoms with Gasteiger partial charge in [0.15, 0.2) is 0 Å². The molecule has 0 spiro atoms. The molecule has 4 aromatic rings. The van der Waals surface area contributed by atoms with Crippen LogP contribution in [0.3, 0.4) is 0 Å². The molecule has 3 aromatic carbocycles. The number of anilines is 2. The Morgan fingerprint density at radius 2 is 1.52 bits per heavy atom. The highest BCUT2D eigenvalue weighted by Crippen LogP contribution is 2.34. The normalized spacial score (nSPS) is 10.8. The Balaban J connectivity index is 1.39. The van der Waals surface area contributed by atoms with E-state index in [-0.39, 0.29) is 11.8 Å². The van der Waals surface area contributed by atoms with E-state index >= 15 is 0 Å². The largest absolute Gasteiger partial charge is 0.457 e. The maximum atomic E-state index is 12.4. The summed E-state index contributed by atoms with van der Waals surface area (Å²) in [5.41, 5.74) is 2.33. The zero-order valence-electron chi connectivity index (χ0n) is 17.2. The molecule has 0 bridgehead atoms. The van der Waals surface area contributed by atoms with Gasteiger partial charge in [-0.2, -0.15) is 0 Å². The Kier molecular flexibility index (Phi) is 6.93. The van der Waals surface area contributed by atoms with Crippen molar-refractivity contribution in [3.63, 3.8) is 0 Å². The standard InChI is InChI=1S/C26H18Cl2N2O3/c27-22-11-5-10-21(25(22)28)23-14-12-20(33-23)13-15-24(31)29-18-8-4-9-19(16-18)30-26(32)17-6-2-1-3-7-17/h1-16H,(H,29,31)(H,30,32). The molecule has 5 nitrogen and oxygen atoms in total. The number of hydrogen-bond acceptors (Lipinski definition) is 3. The van der Waals surface area contributed by atoms with Crippen LogP contribution in [0.4, 0.5) is 11.4 Å². The van der Waals surface area contributed by atoms with Crippen LogP contribution in [-0.2, 0) is 4.79 Å². The summed E-state index contributed by atoms with van der Waals surface area (Å²) >= 11 is 12.3. The molecule has 4 rings (SSSR count). The number of carbonyl (C=O) groups excluding carboxylic acids is 2. The zero-order chi connectivity index (χ0) is 23.2. The Morgan fingerprint density at radius 1 is 0.788 bits per heavy atom. The summed E-state index contributed by atoms with van der Waals surface area (Å²) in [6.45, 7) is 0. The number of nitrogens with one attached hydrogen (secondary N) is 2. The van der Waals surface area contributed by atoms with Gasteiger partial charge in [0.2, 0.25) is 5.91 Å². The van der Waals surface area contributed by atoms with Crippen molar-refractivity contribution >= 4 is 52.5 Å². The van der Waals surface area contributed by atoms with Crippen molar-refractivity contribution in [2.24, 2.45) is 0 Å². The highest BCUT2D eigenvalue weighted by atomic mass is 35.5. The maximum absolute atomic E-state index is 12.4. The van der Waals surface area contributed by atoms with E-state index in [0.29, 0.717) is 44.1 Å². The van der Waals surface area contributed by atoms with Gasteiger partial charge in [0, 0.05) is 28.6 Å². The molecular formula is C26H18Cl2N2O3. The van der Waals surface area contributed by atoms with Crippen molar-refractivity contribution in [3.05, 3.63) is 112 Å². The molecule has 0 aliphatic carbocycles. The summed E-state index contributed by atoms with van der Waals surface area (Å²) in [5.74, 6) is 0.456. The van der Waals surface area contributed by atoms with Crippen LogP contribution in [0.5, 0.6) is 0 Å². The predicted octanol–water partition coefficient (Wildman–Crippen LogP) is 7.16. The van der Waals surface area contributed by atoms with Crippen LogP contribution in [0.25, 0.3) is 17.4 Å². The quantitative estimate of drug-likeness (QED) is 0.290. The van der Waals surface area contributed by atoms with Gasteiger partial charge >= 0.3 is 0 Å². The first-order valence-corrected chi connectivity index (χ1v) is 10.7. The van der Waals surface area contributed by atoms with E-state index in [1.165, 1.54) is 6.08 Å². The highest BCUT2D eigenvalue weighted by molar-refractivity contribution is 6.43. The monoisotopic (exact) mass is 476 g/mol. The lowest BCUT2D eigenvalue weighted by Gasteiger charge is -2.08. The minimum atomic E-state index is -0.347. The summed E-state index contributed by atoms with van der Waals surface area (Å²) in [5, 5.41) is 6.41. The molecule has 2 amide bonds. The Labute approximate surface area is 200 Å². The van der Waals surface area contributed by atoms with Crippen LogP contribution in [0.15, 0.2) is 95.4 Å². The SMILES string of the molecule is O=C(C=Cc1ccc(-c2cccc(Cl)c2Cl)o1)Nc1cccc(NC(=O)c2ccccc2)c1. The van der Waals surface area contributed by atoms with E-state index in [1.807, 2.05) is 6.07 Å². The summed E-state index contributed by atoms with van der Waals surface area (Å²) in [6, 6.07) is 24.6. The fourth-order valence-electron chi connectivity index (χ4n) is 3.09. The van der Waals surface area contributed by atoms with Crippen molar-refractivity contribution in [2.45, 2.75) is 0 Å². The molecule has 0 saturated heterocycles. The summed E-state index contributed by atoms with van der Waals surface area (Å²) < 4.78 is 5.75.